The highest BCUT2D eigenvalue weighted by molar-refractivity contribution is 5.31. The molecule has 1 aromatic rings. The molecule has 0 saturated carbocycles. The number of halogens is 2. The first kappa shape index (κ1) is 12.5. The Morgan fingerprint density at radius 1 is 1.29 bits per heavy atom. The van der Waals surface area contributed by atoms with Crippen molar-refractivity contribution in [2.75, 3.05) is 6.54 Å². The van der Waals surface area contributed by atoms with Gasteiger partial charge in [0.15, 0.2) is 0 Å². The van der Waals surface area contributed by atoms with Crippen LogP contribution in [0.4, 0.5) is 8.78 Å². The minimum Gasteiger partial charge on any atom is -0.314 e. The minimum atomic E-state index is -2.74. The van der Waals surface area contributed by atoms with Crippen molar-refractivity contribution in [1.29, 1.82) is 0 Å². The molecule has 0 amide bonds. The van der Waals surface area contributed by atoms with Gasteiger partial charge in [0.1, 0.15) is 0 Å². The van der Waals surface area contributed by atoms with E-state index in [1.165, 1.54) is 18.9 Å². The van der Waals surface area contributed by atoms with Gasteiger partial charge in [-0.25, -0.2) is 8.78 Å². The SMILES string of the molecule is CC(F)(F)c1ccccc1CC1CCCCN1. The molecule has 2 rings (SSSR count). The first-order valence-electron chi connectivity index (χ1n) is 6.27. The van der Waals surface area contributed by atoms with Gasteiger partial charge in [-0.3, -0.25) is 0 Å². The second-order valence-corrected chi connectivity index (χ2v) is 4.90. The van der Waals surface area contributed by atoms with E-state index in [1.54, 1.807) is 6.07 Å². The van der Waals surface area contributed by atoms with Crippen molar-refractivity contribution in [3.63, 3.8) is 0 Å². The molecule has 1 aliphatic rings. The van der Waals surface area contributed by atoms with Gasteiger partial charge >= 0.3 is 0 Å². The third-order valence-corrected chi connectivity index (χ3v) is 3.37. The highest BCUT2D eigenvalue weighted by atomic mass is 19.3. The number of nitrogens with one attached hydrogen (secondary N) is 1. The van der Waals surface area contributed by atoms with Gasteiger partial charge in [0.25, 0.3) is 5.92 Å². The lowest BCUT2D eigenvalue weighted by Crippen LogP contribution is -2.36. The molecule has 1 heterocycles. The summed E-state index contributed by atoms with van der Waals surface area (Å²) >= 11 is 0. The highest BCUT2D eigenvalue weighted by Crippen LogP contribution is 2.30. The van der Waals surface area contributed by atoms with Crippen molar-refractivity contribution in [3.05, 3.63) is 35.4 Å². The molecule has 0 bridgehead atoms. The maximum Gasteiger partial charge on any atom is 0.270 e. The van der Waals surface area contributed by atoms with E-state index < -0.39 is 5.92 Å². The van der Waals surface area contributed by atoms with Crippen LogP contribution in [0, 0.1) is 0 Å². The predicted molar refractivity (Wildman–Crippen MR) is 65.4 cm³/mol. The molecule has 1 nitrogen and oxygen atoms in total. The van der Waals surface area contributed by atoms with Gasteiger partial charge in [0, 0.05) is 18.5 Å². The summed E-state index contributed by atoms with van der Waals surface area (Å²) in [6.07, 6.45) is 4.19. The quantitative estimate of drug-likeness (QED) is 0.851. The summed E-state index contributed by atoms with van der Waals surface area (Å²) in [6, 6.07) is 7.24. The molecule has 1 saturated heterocycles. The number of rotatable bonds is 3. The van der Waals surface area contributed by atoms with Crippen LogP contribution >= 0.6 is 0 Å². The van der Waals surface area contributed by atoms with Crippen LogP contribution in [0.2, 0.25) is 0 Å². The molecule has 0 spiro atoms. The second-order valence-electron chi connectivity index (χ2n) is 4.90. The fourth-order valence-electron chi connectivity index (χ4n) is 2.49. The molecule has 1 unspecified atom stereocenters. The largest absolute Gasteiger partial charge is 0.314 e. The highest BCUT2D eigenvalue weighted by Gasteiger charge is 2.28. The van der Waals surface area contributed by atoms with E-state index >= 15 is 0 Å². The maximum atomic E-state index is 13.4. The number of alkyl halides is 2. The van der Waals surface area contributed by atoms with Crippen LogP contribution < -0.4 is 5.32 Å². The lowest BCUT2D eigenvalue weighted by atomic mass is 9.93. The summed E-state index contributed by atoms with van der Waals surface area (Å²) in [7, 11) is 0. The normalized spacial score (nSPS) is 21.5. The Kier molecular flexibility index (Phi) is 3.77. The van der Waals surface area contributed by atoms with E-state index in [4.69, 9.17) is 0 Å². The van der Waals surface area contributed by atoms with Gasteiger partial charge in [-0.15, -0.1) is 0 Å². The van der Waals surface area contributed by atoms with Crippen LogP contribution in [0.1, 0.15) is 37.3 Å². The van der Waals surface area contributed by atoms with E-state index in [-0.39, 0.29) is 5.56 Å². The molecule has 0 aliphatic carbocycles. The van der Waals surface area contributed by atoms with E-state index in [0.29, 0.717) is 12.5 Å². The fourth-order valence-corrected chi connectivity index (χ4v) is 2.49. The number of benzene rings is 1. The van der Waals surface area contributed by atoms with E-state index in [9.17, 15) is 8.78 Å². The predicted octanol–water partition coefficient (Wildman–Crippen LogP) is 3.48. The summed E-state index contributed by atoms with van der Waals surface area (Å²) in [5, 5.41) is 3.40. The summed E-state index contributed by atoms with van der Waals surface area (Å²) < 4.78 is 26.9. The van der Waals surface area contributed by atoms with Crippen LogP contribution in [-0.4, -0.2) is 12.6 Å². The third kappa shape index (κ3) is 3.25. The average molecular weight is 239 g/mol. The monoisotopic (exact) mass is 239 g/mol. The van der Waals surface area contributed by atoms with E-state index in [1.807, 2.05) is 12.1 Å². The molecule has 1 N–H and O–H groups in total. The lowest BCUT2D eigenvalue weighted by molar-refractivity contribution is 0.0164. The zero-order chi connectivity index (χ0) is 12.3. The van der Waals surface area contributed by atoms with Crippen molar-refractivity contribution in [1.82, 2.24) is 5.32 Å². The molecule has 0 radical (unpaired) electrons. The standard InChI is InChI=1S/C14H19F2N/c1-14(15,16)13-8-3-2-6-11(13)10-12-7-4-5-9-17-12/h2-3,6,8,12,17H,4-5,7,9-10H2,1H3. The molecule has 3 heteroatoms. The molecular formula is C14H19F2N. The van der Waals surface area contributed by atoms with Crippen LogP contribution in [0.3, 0.4) is 0 Å². The Morgan fingerprint density at radius 2 is 2.06 bits per heavy atom. The van der Waals surface area contributed by atoms with Gasteiger partial charge in [-0.05, 0) is 31.4 Å². The van der Waals surface area contributed by atoms with Gasteiger partial charge in [-0.1, -0.05) is 30.7 Å². The van der Waals surface area contributed by atoms with Crippen molar-refractivity contribution >= 4 is 0 Å². The molecule has 94 valence electrons. The van der Waals surface area contributed by atoms with E-state index in [2.05, 4.69) is 5.32 Å². The topological polar surface area (TPSA) is 12.0 Å². The number of hydrogen-bond donors (Lipinski definition) is 1. The van der Waals surface area contributed by atoms with Crippen molar-refractivity contribution in [3.8, 4) is 0 Å². The Morgan fingerprint density at radius 3 is 2.71 bits per heavy atom. The van der Waals surface area contributed by atoms with Crippen molar-refractivity contribution in [2.24, 2.45) is 0 Å². The molecule has 1 fully saturated rings. The average Bonchev–Trinajstić information content (AvgIpc) is 2.30. The van der Waals surface area contributed by atoms with Gasteiger partial charge in [0.05, 0.1) is 0 Å². The molecule has 0 aromatic heterocycles. The van der Waals surface area contributed by atoms with Gasteiger partial charge in [-0.2, -0.15) is 0 Å². The molecule has 17 heavy (non-hydrogen) atoms. The fraction of sp³-hybridized carbons (Fsp3) is 0.571. The molecular weight excluding hydrogens is 220 g/mol. The summed E-state index contributed by atoms with van der Waals surface area (Å²) in [6.45, 7) is 1.98. The van der Waals surface area contributed by atoms with Crippen molar-refractivity contribution in [2.45, 2.75) is 44.6 Å². The van der Waals surface area contributed by atoms with E-state index in [0.717, 1.165) is 25.5 Å². The zero-order valence-electron chi connectivity index (χ0n) is 10.2. The lowest BCUT2D eigenvalue weighted by Gasteiger charge is -2.25. The summed E-state index contributed by atoms with van der Waals surface area (Å²) in [5.41, 5.74) is 0.951. The van der Waals surface area contributed by atoms with Crippen LogP contribution in [-0.2, 0) is 12.3 Å². The van der Waals surface area contributed by atoms with Crippen molar-refractivity contribution < 1.29 is 8.78 Å². The van der Waals surface area contributed by atoms with Gasteiger partial charge in [0.2, 0.25) is 0 Å². The Balaban J connectivity index is 2.14. The Labute approximate surface area is 101 Å². The zero-order valence-corrected chi connectivity index (χ0v) is 10.2. The summed E-state index contributed by atoms with van der Waals surface area (Å²) in [5.74, 6) is -2.74. The molecule has 1 aliphatic heterocycles. The maximum absolute atomic E-state index is 13.4. The smallest absolute Gasteiger partial charge is 0.270 e. The third-order valence-electron chi connectivity index (χ3n) is 3.37. The first-order chi connectivity index (χ1) is 8.07. The minimum absolute atomic E-state index is 0.173. The molecule has 1 atom stereocenters. The number of hydrogen-bond acceptors (Lipinski definition) is 1. The van der Waals surface area contributed by atoms with Gasteiger partial charge < -0.3 is 5.32 Å². The second kappa shape index (κ2) is 5.13. The number of piperidine rings is 1. The Hall–Kier alpha value is -0.960. The van der Waals surface area contributed by atoms with Crippen LogP contribution in [0.15, 0.2) is 24.3 Å². The molecule has 1 aromatic carbocycles. The van der Waals surface area contributed by atoms with Crippen LogP contribution in [0.5, 0.6) is 0 Å². The Bertz CT molecular complexity index is 365. The first-order valence-corrected chi connectivity index (χ1v) is 6.27. The van der Waals surface area contributed by atoms with Crippen LogP contribution in [0.25, 0.3) is 0 Å². The summed E-state index contributed by atoms with van der Waals surface area (Å²) in [4.78, 5) is 0.